The first-order valence-corrected chi connectivity index (χ1v) is 10.5. The van der Waals surface area contributed by atoms with Gasteiger partial charge in [0, 0.05) is 37.2 Å². The topological polar surface area (TPSA) is 55.3 Å². The second-order valence-electron chi connectivity index (χ2n) is 7.73. The fourth-order valence-corrected chi connectivity index (χ4v) is 4.00. The van der Waals surface area contributed by atoms with E-state index in [2.05, 4.69) is 17.1 Å². The van der Waals surface area contributed by atoms with Crippen LogP contribution in [0.1, 0.15) is 36.4 Å². The molecular weight excluding hydrogens is 374 g/mol. The SMILES string of the molecule is COc1cccc(-c2cncc([C@H]3CCCN(C(=O)CCc4ccccc4)C3)n2)c1. The van der Waals surface area contributed by atoms with Gasteiger partial charge in [-0.15, -0.1) is 0 Å². The molecule has 1 aliphatic rings. The van der Waals surface area contributed by atoms with Gasteiger partial charge in [-0.3, -0.25) is 9.78 Å². The Hall–Kier alpha value is -3.21. The summed E-state index contributed by atoms with van der Waals surface area (Å²) in [6.07, 6.45) is 6.97. The van der Waals surface area contributed by atoms with Crippen LogP contribution in [0.5, 0.6) is 5.75 Å². The van der Waals surface area contributed by atoms with E-state index in [1.165, 1.54) is 5.56 Å². The van der Waals surface area contributed by atoms with Crippen LogP contribution >= 0.6 is 0 Å². The fourth-order valence-electron chi connectivity index (χ4n) is 4.00. The maximum atomic E-state index is 12.8. The Labute approximate surface area is 177 Å². The van der Waals surface area contributed by atoms with Crippen LogP contribution < -0.4 is 4.74 Å². The predicted octanol–water partition coefficient (Wildman–Crippen LogP) is 4.49. The molecule has 1 amide bonds. The Morgan fingerprint density at radius 2 is 2.00 bits per heavy atom. The van der Waals surface area contributed by atoms with E-state index in [0.29, 0.717) is 13.0 Å². The van der Waals surface area contributed by atoms with Gasteiger partial charge in [-0.25, -0.2) is 4.98 Å². The van der Waals surface area contributed by atoms with E-state index in [1.807, 2.05) is 53.6 Å². The fraction of sp³-hybridized carbons (Fsp3) is 0.320. The first kappa shape index (κ1) is 20.1. The van der Waals surface area contributed by atoms with Crippen molar-refractivity contribution in [2.24, 2.45) is 0 Å². The average Bonchev–Trinajstić information content (AvgIpc) is 2.83. The lowest BCUT2D eigenvalue weighted by atomic mass is 9.94. The average molecular weight is 402 g/mol. The maximum Gasteiger partial charge on any atom is 0.222 e. The third kappa shape index (κ3) is 4.85. The van der Waals surface area contributed by atoms with Crippen LogP contribution in [0.4, 0.5) is 0 Å². The molecular formula is C25H27N3O2. The van der Waals surface area contributed by atoms with E-state index in [9.17, 15) is 4.79 Å². The zero-order chi connectivity index (χ0) is 20.8. The van der Waals surface area contributed by atoms with Crippen LogP contribution in [0, 0.1) is 0 Å². The number of hydrogen-bond acceptors (Lipinski definition) is 4. The van der Waals surface area contributed by atoms with Gasteiger partial charge in [-0.2, -0.15) is 0 Å². The summed E-state index contributed by atoms with van der Waals surface area (Å²) in [6.45, 7) is 1.54. The molecule has 0 N–H and O–H groups in total. The lowest BCUT2D eigenvalue weighted by molar-refractivity contribution is -0.132. The lowest BCUT2D eigenvalue weighted by Crippen LogP contribution is -2.39. The number of aryl methyl sites for hydroxylation is 1. The Balaban J connectivity index is 1.43. The third-order valence-corrected chi connectivity index (χ3v) is 5.68. The molecule has 2 heterocycles. The third-order valence-electron chi connectivity index (χ3n) is 5.68. The highest BCUT2D eigenvalue weighted by Gasteiger charge is 2.26. The molecule has 0 spiro atoms. The van der Waals surface area contributed by atoms with Crippen LogP contribution in [0.3, 0.4) is 0 Å². The van der Waals surface area contributed by atoms with Gasteiger partial charge in [0.1, 0.15) is 5.75 Å². The number of carbonyl (C=O) groups is 1. The zero-order valence-corrected chi connectivity index (χ0v) is 17.3. The molecule has 4 rings (SSSR count). The summed E-state index contributed by atoms with van der Waals surface area (Å²) in [7, 11) is 1.66. The highest BCUT2D eigenvalue weighted by molar-refractivity contribution is 5.76. The van der Waals surface area contributed by atoms with Crippen molar-refractivity contribution in [1.82, 2.24) is 14.9 Å². The van der Waals surface area contributed by atoms with Crippen LogP contribution in [0.25, 0.3) is 11.3 Å². The molecule has 0 unspecified atom stereocenters. The maximum absolute atomic E-state index is 12.8. The monoisotopic (exact) mass is 401 g/mol. The van der Waals surface area contributed by atoms with Gasteiger partial charge >= 0.3 is 0 Å². The van der Waals surface area contributed by atoms with Crippen molar-refractivity contribution >= 4 is 5.91 Å². The van der Waals surface area contributed by atoms with Gasteiger partial charge in [-0.1, -0.05) is 42.5 Å². The second kappa shape index (κ2) is 9.53. The summed E-state index contributed by atoms with van der Waals surface area (Å²) in [5.41, 5.74) is 3.97. The molecule has 3 aromatic rings. The van der Waals surface area contributed by atoms with E-state index in [-0.39, 0.29) is 11.8 Å². The van der Waals surface area contributed by atoms with Crippen molar-refractivity contribution in [2.75, 3.05) is 20.2 Å². The van der Waals surface area contributed by atoms with Gasteiger partial charge < -0.3 is 9.64 Å². The minimum absolute atomic E-state index is 0.220. The van der Waals surface area contributed by atoms with Gasteiger partial charge in [0.15, 0.2) is 0 Å². The molecule has 1 saturated heterocycles. The molecule has 0 bridgehead atoms. The smallest absolute Gasteiger partial charge is 0.222 e. The molecule has 30 heavy (non-hydrogen) atoms. The molecule has 1 fully saturated rings. The summed E-state index contributed by atoms with van der Waals surface area (Å²) >= 11 is 0. The Bertz CT molecular complexity index is 990. The highest BCUT2D eigenvalue weighted by Crippen LogP contribution is 2.28. The molecule has 154 valence electrons. The van der Waals surface area contributed by atoms with Crippen LogP contribution in [0.2, 0.25) is 0 Å². The quantitative estimate of drug-likeness (QED) is 0.611. The van der Waals surface area contributed by atoms with E-state index in [4.69, 9.17) is 9.72 Å². The molecule has 2 aromatic carbocycles. The van der Waals surface area contributed by atoms with Crippen molar-refractivity contribution in [3.63, 3.8) is 0 Å². The Kier molecular flexibility index (Phi) is 6.38. The number of aromatic nitrogens is 2. The zero-order valence-electron chi connectivity index (χ0n) is 17.3. The van der Waals surface area contributed by atoms with Crippen molar-refractivity contribution in [2.45, 2.75) is 31.6 Å². The van der Waals surface area contributed by atoms with E-state index in [0.717, 1.165) is 48.5 Å². The number of carbonyl (C=O) groups excluding carboxylic acids is 1. The van der Waals surface area contributed by atoms with E-state index in [1.54, 1.807) is 13.3 Å². The van der Waals surface area contributed by atoms with Crippen molar-refractivity contribution < 1.29 is 9.53 Å². The minimum Gasteiger partial charge on any atom is -0.497 e. The number of methoxy groups -OCH3 is 1. The van der Waals surface area contributed by atoms with Crippen LogP contribution in [-0.4, -0.2) is 41.0 Å². The first-order chi connectivity index (χ1) is 14.7. The van der Waals surface area contributed by atoms with Gasteiger partial charge in [0.05, 0.1) is 24.7 Å². The Morgan fingerprint density at radius 1 is 1.13 bits per heavy atom. The van der Waals surface area contributed by atoms with Crippen LogP contribution in [0.15, 0.2) is 67.0 Å². The highest BCUT2D eigenvalue weighted by atomic mass is 16.5. The van der Waals surface area contributed by atoms with E-state index >= 15 is 0 Å². The number of piperidine rings is 1. The Morgan fingerprint density at radius 3 is 2.83 bits per heavy atom. The number of hydrogen-bond donors (Lipinski definition) is 0. The summed E-state index contributed by atoms with van der Waals surface area (Å²) in [5, 5.41) is 0. The lowest BCUT2D eigenvalue weighted by Gasteiger charge is -2.32. The largest absolute Gasteiger partial charge is 0.497 e. The molecule has 5 heteroatoms. The number of ether oxygens (including phenoxy) is 1. The predicted molar refractivity (Wildman–Crippen MR) is 117 cm³/mol. The van der Waals surface area contributed by atoms with Crippen molar-refractivity contribution in [3.8, 4) is 17.0 Å². The summed E-state index contributed by atoms with van der Waals surface area (Å²) in [4.78, 5) is 24.1. The molecule has 5 nitrogen and oxygen atoms in total. The molecule has 1 aliphatic heterocycles. The van der Waals surface area contributed by atoms with Crippen molar-refractivity contribution in [3.05, 3.63) is 78.2 Å². The summed E-state index contributed by atoms with van der Waals surface area (Å²) in [6, 6.07) is 18.0. The second-order valence-corrected chi connectivity index (χ2v) is 7.73. The number of nitrogens with zero attached hydrogens (tertiary/aromatic N) is 3. The van der Waals surface area contributed by atoms with Crippen LogP contribution in [-0.2, 0) is 11.2 Å². The molecule has 0 saturated carbocycles. The number of benzene rings is 2. The number of likely N-dealkylation sites (tertiary alicyclic amines) is 1. The number of rotatable bonds is 6. The standard InChI is InChI=1S/C25H27N3O2/c1-30-22-11-5-9-20(15-22)23-16-26-17-24(27-23)21-10-6-14-28(18-21)25(29)13-12-19-7-3-2-4-8-19/h2-5,7-9,11,15-17,21H,6,10,12-14,18H2,1H3/t21-/m0/s1. The summed E-state index contributed by atoms with van der Waals surface area (Å²) < 4.78 is 5.33. The first-order valence-electron chi connectivity index (χ1n) is 10.5. The van der Waals surface area contributed by atoms with Gasteiger partial charge in [0.2, 0.25) is 5.91 Å². The normalized spacial score (nSPS) is 16.3. The summed E-state index contributed by atoms with van der Waals surface area (Å²) in [5.74, 6) is 1.24. The van der Waals surface area contributed by atoms with E-state index < -0.39 is 0 Å². The van der Waals surface area contributed by atoms with Gasteiger partial charge in [-0.05, 0) is 37.0 Å². The molecule has 1 atom stereocenters. The minimum atomic E-state index is 0.220. The number of amides is 1. The molecule has 1 aromatic heterocycles. The molecule has 0 radical (unpaired) electrons. The molecule has 0 aliphatic carbocycles. The van der Waals surface area contributed by atoms with Crippen molar-refractivity contribution in [1.29, 1.82) is 0 Å². The van der Waals surface area contributed by atoms with Gasteiger partial charge in [0.25, 0.3) is 0 Å².